The van der Waals surface area contributed by atoms with Gasteiger partial charge in [0.1, 0.15) is 23.9 Å². The van der Waals surface area contributed by atoms with E-state index in [9.17, 15) is 0 Å². The lowest BCUT2D eigenvalue weighted by molar-refractivity contribution is 0.162. The van der Waals surface area contributed by atoms with Crippen LogP contribution in [-0.4, -0.2) is 27.6 Å². The zero-order valence-electron chi connectivity index (χ0n) is 17.6. The highest BCUT2D eigenvalue weighted by atomic mass is 32.2. The van der Waals surface area contributed by atoms with Crippen LogP contribution in [0, 0.1) is 0 Å². The molecule has 2 aliphatic heterocycles. The van der Waals surface area contributed by atoms with Gasteiger partial charge in [0.2, 0.25) is 6.79 Å². The van der Waals surface area contributed by atoms with Gasteiger partial charge in [0.25, 0.3) is 0 Å². The Balaban J connectivity index is 1.44. The maximum atomic E-state index is 5.96. The van der Waals surface area contributed by atoms with Crippen molar-refractivity contribution < 1.29 is 23.4 Å². The predicted molar refractivity (Wildman–Crippen MR) is 119 cm³/mol. The Morgan fingerprint density at radius 1 is 1.00 bits per heavy atom. The molecule has 3 heterocycles. The minimum atomic E-state index is 0.290. The Morgan fingerprint density at radius 2 is 1.87 bits per heavy atom. The highest BCUT2D eigenvalue weighted by Crippen LogP contribution is 2.48. The predicted octanol–water partition coefficient (Wildman–Crippen LogP) is 5.41. The highest BCUT2D eigenvalue weighted by Gasteiger charge is 2.26. The number of ether oxygens (including phenoxy) is 4. The molecule has 7 heteroatoms. The summed E-state index contributed by atoms with van der Waals surface area (Å²) in [6, 6.07) is 16.6. The topological polar surface area (TPSA) is 53.3 Å². The van der Waals surface area contributed by atoms with E-state index >= 15 is 0 Å². The lowest BCUT2D eigenvalue weighted by Gasteiger charge is -2.23. The molecule has 0 fully saturated rings. The van der Waals surface area contributed by atoms with Crippen LogP contribution in [0.1, 0.15) is 28.8 Å². The minimum absolute atomic E-state index is 0.290. The first kappa shape index (κ1) is 20.2. The summed E-state index contributed by atoms with van der Waals surface area (Å²) in [6.45, 7) is 2.39. The summed E-state index contributed by atoms with van der Waals surface area (Å²) < 4.78 is 27.7. The fourth-order valence-electron chi connectivity index (χ4n) is 4.01. The number of furan rings is 1. The van der Waals surface area contributed by atoms with E-state index in [1.165, 1.54) is 16.1 Å². The second-order valence-electron chi connectivity index (χ2n) is 7.56. The number of benzene rings is 2. The van der Waals surface area contributed by atoms with Crippen LogP contribution in [0.25, 0.3) is 0 Å². The quantitative estimate of drug-likeness (QED) is 0.509. The molecule has 1 aromatic heterocycles. The maximum absolute atomic E-state index is 5.96. The summed E-state index contributed by atoms with van der Waals surface area (Å²) >= 11 is 1.86. The highest BCUT2D eigenvalue weighted by molar-refractivity contribution is 7.99. The first-order chi connectivity index (χ1) is 15.2. The second-order valence-corrected chi connectivity index (χ2v) is 8.81. The zero-order chi connectivity index (χ0) is 21.2. The molecule has 0 aliphatic carbocycles. The van der Waals surface area contributed by atoms with Crippen molar-refractivity contribution >= 4 is 17.4 Å². The van der Waals surface area contributed by atoms with Crippen LogP contribution in [0.2, 0.25) is 0 Å². The molecule has 0 bridgehead atoms. The van der Waals surface area contributed by atoms with E-state index in [0.29, 0.717) is 25.2 Å². The standard InChI is InChI=1S/C24H25NO5S/c1-26-14-19-5-4-18(30-19)13-25-10-9-23(16-3-8-21-22(11-16)29-15-28-21)31-24-12-17(27-2)6-7-20(24)25/h3-8,11-12,23H,9-10,13-15H2,1-2H3. The Labute approximate surface area is 186 Å². The molecule has 5 rings (SSSR count). The monoisotopic (exact) mass is 439 g/mol. The molecule has 0 saturated carbocycles. The third kappa shape index (κ3) is 4.20. The molecule has 0 radical (unpaired) electrons. The number of thioether (sulfide) groups is 1. The number of fused-ring (bicyclic) bond motifs is 2. The average molecular weight is 440 g/mol. The lowest BCUT2D eigenvalue weighted by Crippen LogP contribution is -2.23. The third-order valence-electron chi connectivity index (χ3n) is 5.56. The van der Waals surface area contributed by atoms with E-state index in [-0.39, 0.29) is 0 Å². The van der Waals surface area contributed by atoms with Crippen molar-refractivity contribution in [3.63, 3.8) is 0 Å². The van der Waals surface area contributed by atoms with Crippen LogP contribution in [-0.2, 0) is 17.9 Å². The van der Waals surface area contributed by atoms with Gasteiger partial charge in [0, 0.05) is 23.8 Å². The smallest absolute Gasteiger partial charge is 0.231 e. The molecule has 1 atom stereocenters. The third-order valence-corrected chi connectivity index (χ3v) is 6.93. The Morgan fingerprint density at radius 3 is 2.74 bits per heavy atom. The van der Waals surface area contributed by atoms with Gasteiger partial charge in [0.05, 0.1) is 19.3 Å². The number of nitrogens with zero attached hydrogens (tertiary/aromatic N) is 1. The molecular weight excluding hydrogens is 414 g/mol. The molecule has 0 N–H and O–H groups in total. The van der Waals surface area contributed by atoms with Crippen molar-refractivity contribution in [1.82, 2.24) is 0 Å². The van der Waals surface area contributed by atoms with Gasteiger partial charge in [-0.2, -0.15) is 0 Å². The molecular formula is C24H25NO5S. The zero-order valence-corrected chi connectivity index (χ0v) is 18.4. The first-order valence-electron chi connectivity index (χ1n) is 10.3. The van der Waals surface area contributed by atoms with Crippen LogP contribution in [0.3, 0.4) is 0 Å². The first-order valence-corrected chi connectivity index (χ1v) is 11.2. The molecule has 0 saturated heterocycles. The van der Waals surface area contributed by atoms with Gasteiger partial charge in [0.15, 0.2) is 11.5 Å². The Bertz CT molecular complexity index is 1070. The van der Waals surface area contributed by atoms with Crippen molar-refractivity contribution in [3.8, 4) is 17.2 Å². The maximum Gasteiger partial charge on any atom is 0.231 e. The number of anilines is 1. The van der Waals surface area contributed by atoms with Gasteiger partial charge < -0.3 is 28.3 Å². The SMILES string of the molecule is COCc1ccc(CN2CCC(c3ccc4c(c3)OCO4)Sc3cc(OC)ccc32)o1. The van der Waals surface area contributed by atoms with Crippen molar-refractivity contribution in [2.45, 2.75) is 29.7 Å². The van der Waals surface area contributed by atoms with E-state index in [1.54, 1.807) is 14.2 Å². The van der Waals surface area contributed by atoms with Gasteiger partial charge in [-0.05, 0) is 54.4 Å². The summed E-state index contributed by atoms with van der Waals surface area (Å²) in [5, 5.41) is 0.297. The van der Waals surface area contributed by atoms with E-state index in [2.05, 4.69) is 29.2 Å². The molecule has 6 nitrogen and oxygen atoms in total. The fraction of sp³-hybridized carbons (Fsp3) is 0.333. The van der Waals surface area contributed by atoms with E-state index in [0.717, 1.165) is 41.7 Å². The van der Waals surface area contributed by atoms with Crippen LogP contribution < -0.4 is 19.1 Å². The number of rotatable bonds is 6. The summed E-state index contributed by atoms with van der Waals surface area (Å²) in [5.41, 5.74) is 2.43. The molecule has 2 aromatic carbocycles. The minimum Gasteiger partial charge on any atom is -0.497 e. The normalized spacial score (nSPS) is 17.4. The van der Waals surface area contributed by atoms with Crippen molar-refractivity contribution in [2.75, 3.05) is 32.5 Å². The molecule has 31 heavy (non-hydrogen) atoms. The molecule has 0 spiro atoms. The molecule has 3 aromatic rings. The lowest BCUT2D eigenvalue weighted by atomic mass is 10.1. The summed E-state index contributed by atoms with van der Waals surface area (Å²) in [6.07, 6.45) is 0.993. The van der Waals surface area contributed by atoms with Gasteiger partial charge in [-0.25, -0.2) is 0 Å². The van der Waals surface area contributed by atoms with Crippen LogP contribution in [0.4, 0.5) is 5.69 Å². The summed E-state index contributed by atoms with van der Waals surface area (Å²) in [7, 11) is 3.38. The Hall–Kier alpha value is -2.77. The molecule has 1 unspecified atom stereocenters. The van der Waals surface area contributed by atoms with Gasteiger partial charge in [-0.15, -0.1) is 11.8 Å². The Kier molecular flexibility index (Phi) is 5.70. The number of hydrogen-bond donors (Lipinski definition) is 0. The van der Waals surface area contributed by atoms with Crippen molar-refractivity contribution in [2.24, 2.45) is 0 Å². The van der Waals surface area contributed by atoms with E-state index in [1.807, 2.05) is 36.0 Å². The molecule has 2 aliphatic rings. The van der Waals surface area contributed by atoms with E-state index in [4.69, 9.17) is 23.4 Å². The fourth-order valence-corrected chi connectivity index (χ4v) is 5.32. The van der Waals surface area contributed by atoms with Gasteiger partial charge in [-0.3, -0.25) is 0 Å². The van der Waals surface area contributed by atoms with Crippen molar-refractivity contribution in [3.05, 3.63) is 65.6 Å². The molecule has 0 amide bonds. The van der Waals surface area contributed by atoms with Gasteiger partial charge in [-0.1, -0.05) is 6.07 Å². The average Bonchev–Trinajstić information content (AvgIpc) is 3.40. The number of hydrogen-bond acceptors (Lipinski definition) is 7. The van der Waals surface area contributed by atoms with Crippen LogP contribution in [0.5, 0.6) is 17.2 Å². The van der Waals surface area contributed by atoms with Crippen LogP contribution in [0.15, 0.2) is 57.8 Å². The van der Waals surface area contributed by atoms with Crippen molar-refractivity contribution in [1.29, 1.82) is 0 Å². The molecule has 162 valence electrons. The summed E-state index contributed by atoms with van der Waals surface area (Å²) in [5.74, 6) is 4.27. The number of methoxy groups -OCH3 is 2. The largest absolute Gasteiger partial charge is 0.497 e. The van der Waals surface area contributed by atoms with E-state index < -0.39 is 0 Å². The second kappa shape index (κ2) is 8.77. The van der Waals surface area contributed by atoms with Gasteiger partial charge >= 0.3 is 0 Å². The summed E-state index contributed by atoms with van der Waals surface area (Å²) in [4.78, 5) is 3.58. The van der Waals surface area contributed by atoms with Crippen LogP contribution >= 0.6 is 11.8 Å².